The number of benzene rings is 1. The average molecular weight is 485 g/mol. The standard InChI is InChI=1S/C18H16N2O6S4/c19-30(24,25)14-4-1-11(2-5-14)15-6-3-13(26-15)9-16-17(21)20(18(27)28-16)12-7-8-29(22,23)10-12/h1-6,9,12H,7-8,10H2,(H2,19,24,25)/b16-9-/t12-/m0/s1. The molecule has 0 unspecified atom stereocenters. The van der Waals surface area contributed by atoms with Crippen molar-refractivity contribution in [1.82, 2.24) is 4.90 Å². The Bertz CT molecular complexity index is 1280. The highest BCUT2D eigenvalue weighted by Gasteiger charge is 2.42. The van der Waals surface area contributed by atoms with Gasteiger partial charge in [-0.2, -0.15) is 0 Å². The molecular formula is C18H16N2O6S4. The van der Waals surface area contributed by atoms with Gasteiger partial charge < -0.3 is 4.42 Å². The van der Waals surface area contributed by atoms with Gasteiger partial charge in [0.2, 0.25) is 10.0 Å². The van der Waals surface area contributed by atoms with Gasteiger partial charge in [-0.05, 0) is 42.8 Å². The lowest BCUT2D eigenvalue weighted by Gasteiger charge is -2.20. The highest BCUT2D eigenvalue weighted by Crippen LogP contribution is 2.37. The molecule has 2 N–H and O–H groups in total. The van der Waals surface area contributed by atoms with E-state index in [4.69, 9.17) is 21.8 Å². The molecule has 0 aliphatic carbocycles. The van der Waals surface area contributed by atoms with Crippen LogP contribution in [0.15, 0.2) is 50.6 Å². The molecule has 1 amide bonds. The molecule has 1 atom stereocenters. The molecule has 158 valence electrons. The van der Waals surface area contributed by atoms with Crippen molar-refractivity contribution >= 4 is 60.1 Å². The summed E-state index contributed by atoms with van der Waals surface area (Å²) in [5.74, 6) is 0.549. The van der Waals surface area contributed by atoms with Gasteiger partial charge in [0.1, 0.15) is 15.8 Å². The predicted molar refractivity (Wildman–Crippen MR) is 118 cm³/mol. The van der Waals surface area contributed by atoms with E-state index in [0.717, 1.165) is 11.8 Å². The zero-order valence-electron chi connectivity index (χ0n) is 15.3. The summed E-state index contributed by atoms with van der Waals surface area (Å²) >= 11 is 6.40. The predicted octanol–water partition coefficient (Wildman–Crippen LogP) is 1.98. The van der Waals surface area contributed by atoms with E-state index in [1.165, 1.54) is 17.0 Å². The number of carbonyl (C=O) groups excluding carboxylic acids is 1. The number of furan rings is 1. The number of sulfonamides is 1. The van der Waals surface area contributed by atoms with E-state index < -0.39 is 25.9 Å². The largest absolute Gasteiger partial charge is 0.457 e. The van der Waals surface area contributed by atoms with Gasteiger partial charge >= 0.3 is 0 Å². The van der Waals surface area contributed by atoms with Gasteiger partial charge in [-0.25, -0.2) is 22.0 Å². The third-order valence-corrected chi connectivity index (χ3v) is 8.77. The molecule has 30 heavy (non-hydrogen) atoms. The van der Waals surface area contributed by atoms with E-state index in [1.807, 2.05) is 0 Å². The molecule has 2 aromatic rings. The van der Waals surface area contributed by atoms with Crippen LogP contribution >= 0.6 is 24.0 Å². The van der Waals surface area contributed by atoms with Crippen molar-refractivity contribution < 1.29 is 26.0 Å². The first kappa shape index (κ1) is 21.2. The smallest absolute Gasteiger partial charge is 0.266 e. The SMILES string of the molecule is NS(=O)(=O)c1ccc(-c2ccc(/C=C3\SC(=S)N([C@H]4CCS(=O)(=O)C4)C3=O)o2)cc1. The van der Waals surface area contributed by atoms with Crippen LogP contribution in [0.5, 0.6) is 0 Å². The van der Waals surface area contributed by atoms with Crippen LogP contribution in [0.2, 0.25) is 0 Å². The summed E-state index contributed by atoms with van der Waals surface area (Å²) in [4.78, 5) is 14.5. The summed E-state index contributed by atoms with van der Waals surface area (Å²) in [6.07, 6.45) is 1.94. The van der Waals surface area contributed by atoms with Crippen molar-refractivity contribution in [2.45, 2.75) is 17.4 Å². The molecule has 3 heterocycles. The van der Waals surface area contributed by atoms with Gasteiger partial charge in [0.15, 0.2) is 9.84 Å². The van der Waals surface area contributed by atoms with Gasteiger partial charge in [-0.1, -0.05) is 24.0 Å². The Labute approximate surface area is 183 Å². The van der Waals surface area contributed by atoms with Gasteiger partial charge in [0.25, 0.3) is 5.91 Å². The van der Waals surface area contributed by atoms with Crippen LogP contribution < -0.4 is 5.14 Å². The summed E-state index contributed by atoms with van der Waals surface area (Å²) in [6.45, 7) is 0. The molecule has 2 aliphatic heterocycles. The molecular weight excluding hydrogens is 468 g/mol. The number of sulfone groups is 1. The number of thioether (sulfide) groups is 1. The van der Waals surface area contributed by atoms with E-state index >= 15 is 0 Å². The average Bonchev–Trinajstić information content (AvgIpc) is 3.33. The van der Waals surface area contributed by atoms with Crippen LogP contribution in [0, 0.1) is 0 Å². The quantitative estimate of drug-likeness (QED) is 0.515. The number of nitrogens with zero attached hydrogens (tertiary/aromatic N) is 1. The van der Waals surface area contributed by atoms with Gasteiger partial charge in [0.05, 0.1) is 27.3 Å². The van der Waals surface area contributed by atoms with Gasteiger partial charge in [-0.15, -0.1) is 0 Å². The maximum Gasteiger partial charge on any atom is 0.266 e. The second-order valence-electron chi connectivity index (χ2n) is 6.88. The van der Waals surface area contributed by atoms with Crippen molar-refractivity contribution in [2.24, 2.45) is 5.14 Å². The molecule has 12 heteroatoms. The van der Waals surface area contributed by atoms with Crippen molar-refractivity contribution in [3.8, 4) is 11.3 Å². The topological polar surface area (TPSA) is 128 Å². The Balaban J connectivity index is 1.54. The first-order valence-electron chi connectivity index (χ1n) is 8.74. The summed E-state index contributed by atoms with van der Waals surface area (Å²) in [7, 11) is -6.92. The zero-order chi connectivity index (χ0) is 21.7. The fourth-order valence-electron chi connectivity index (χ4n) is 3.30. The normalized spacial score (nSPS) is 22.9. The Morgan fingerprint density at radius 3 is 2.50 bits per heavy atom. The fraction of sp³-hybridized carbons (Fsp3) is 0.222. The Kier molecular flexibility index (Phi) is 5.39. The third-order valence-electron chi connectivity index (χ3n) is 4.76. The van der Waals surface area contributed by atoms with Crippen LogP contribution in [-0.4, -0.2) is 49.5 Å². The summed E-state index contributed by atoms with van der Waals surface area (Å²) < 4.78 is 52.3. The van der Waals surface area contributed by atoms with Gasteiger partial charge in [-0.3, -0.25) is 9.69 Å². The Morgan fingerprint density at radius 2 is 1.90 bits per heavy atom. The maximum atomic E-state index is 12.8. The molecule has 2 saturated heterocycles. The highest BCUT2D eigenvalue weighted by molar-refractivity contribution is 8.26. The van der Waals surface area contributed by atoms with Crippen LogP contribution in [0.1, 0.15) is 12.2 Å². The minimum Gasteiger partial charge on any atom is -0.457 e. The van der Waals surface area contributed by atoms with E-state index in [0.29, 0.717) is 32.7 Å². The lowest BCUT2D eigenvalue weighted by atomic mass is 10.2. The van der Waals surface area contributed by atoms with E-state index in [1.54, 1.807) is 30.3 Å². The third kappa shape index (κ3) is 4.23. The number of rotatable bonds is 4. The zero-order valence-corrected chi connectivity index (χ0v) is 18.6. The number of primary sulfonamides is 1. The van der Waals surface area contributed by atoms with Crippen LogP contribution in [0.25, 0.3) is 17.4 Å². The molecule has 0 bridgehead atoms. The molecule has 8 nitrogen and oxygen atoms in total. The second kappa shape index (κ2) is 7.61. The van der Waals surface area contributed by atoms with E-state index in [2.05, 4.69) is 0 Å². The lowest BCUT2D eigenvalue weighted by Crippen LogP contribution is -2.39. The van der Waals surface area contributed by atoms with Crippen LogP contribution in [0.4, 0.5) is 0 Å². The van der Waals surface area contributed by atoms with Crippen molar-refractivity contribution in [3.63, 3.8) is 0 Å². The highest BCUT2D eigenvalue weighted by atomic mass is 32.2. The van der Waals surface area contributed by atoms with Crippen molar-refractivity contribution in [2.75, 3.05) is 11.5 Å². The summed E-state index contributed by atoms with van der Waals surface area (Å²) in [5, 5.41) is 5.10. The molecule has 4 rings (SSSR count). The maximum absolute atomic E-state index is 12.8. The van der Waals surface area contributed by atoms with Crippen molar-refractivity contribution in [3.05, 3.63) is 47.1 Å². The molecule has 0 radical (unpaired) electrons. The molecule has 2 aliphatic rings. The molecule has 0 spiro atoms. The lowest BCUT2D eigenvalue weighted by molar-refractivity contribution is -0.123. The van der Waals surface area contributed by atoms with Gasteiger partial charge in [0, 0.05) is 11.6 Å². The summed E-state index contributed by atoms with van der Waals surface area (Å²) in [6, 6.07) is 8.85. The Morgan fingerprint density at radius 1 is 1.20 bits per heavy atom. The van der Waals surface area contributed by atoms with Crippen LogP contribution in [0.3, 0.4) is 0 Å². The molecule has 0 saturated carbocycles. The minimum atomic E-state index is -3.78. The first-order chi connectivity index (χ1) is 14.0. The molecule has 2 fully saturated rings. The number of hydrogen-bond acceptors (Lipinski definition) is 8. The molecule has 1 aromatic carbocycles. The fourth-order valence-corrected chi connectivity index (χ4v) is 6.89. The second-order valence-corrected chi connectivity index (χ2v) is 12.3. The van der Waals surface area contributed by atoms with E-state index in [-0.39, 0.29) is 22.3 Å². The number of carbonyl (C=O) groups is 1. The Hall–Kier alpha value is -1.99. The van der Waals surface area contributed by atoms with Crippen LogP contribution in [-0.2, 0) is 24.7 Å². The number of thiocarbonyl (C=S) groups is 1. The monoisotopic (exact) mass is 484 g/mol. The first-order valence-corrected chi connectivity index (χ1v) is 13.3. The summed E-state index contributed by atoms with van der Waals surface area (Å²) in [5.41, 5.74) is 0.644. The number of hydrogen-bond donors (Lipinski definition) is 1. The number of amides is 1. The van der Waals surface area contributed by atoms with E-state index in [9.17, 15) is 21.6 Å². The number of nitrogens with two attached hydrogens (primary N) is 1. The molecule has 1 aromatic heterocycles. The minimum absolute atomic E-state index is 0.00405. The van der Waals surface area contributed by atoms with Crippen molar-refractivity contribution in [1.29, 1.82) is 0 Å².